The molecule has 101 heavy (non-hydrogen) atoms. The van der Waals surface area contributed by atoms with Gasteiger partial charge in [0, 0.05) is 78.7 Å². The van der Waals surface area contributed by atoms with E-state index in [0.717, 1.165) is 65.1 Å². The number of nitrogens with two attached hydrogens (primary N) is 3. The number of hydrogen-bond acceptors (Lipinski definition) is 19. The minimum absolute atomic E-state index is 0. The Morgan fingerprint density at radius 3 is 1.25 bits per heavy atom. The Balaban J connectivity index is 0.000000309. The first kappa shape index (κ1) is 89.4. The maximum absolute atomic E-state index is 14.6. The van der Waals surface area contributed by atoms with Crippen LogP contribution in [0, 0.1) is 75.4 Å². The second-order valence-electron chi connectivity index (χ2n) is 21.6. The van der Waals surface area contributed by atoms with E-state index in [0.29, 0.717) is 55.0 Å². The molecule has 38 heteroatoms. The number of nitro benzene ring substituents is 1. The van der Waals surface area contributed by atoms with Gasteiger partial charge in [-0.15, -0.1) is 22.7 Å². The number of nitro groups is 1. The summed E-state index contributed by atoms with van der Waals surface area (Å²) in [6, 6.07) is 25.8. The van der Waals surface area contributed by atoms with Crippen molar-refractivity contribution in [2.24, 2.45) is 4.36 Å². The molecule has 0 saturated carbocycles. The maximum atomic E-state index is 14.6. The summed E-state index contributed by atoms with van der Waals surface area (Å²) < 4.78 is 174. The Bertz CT molecular complexity index is 4370. The van der Waals surface area contributed by atoms with E-state index in [2.05, 4.69) is 137 Å². The molecule has 0 aliphatic rings. The molecule has 6 aromatic heterocycles. The smallest absolute Gasteiger partial charge is 0.295 e. The van der Waals surface area contributed by atoms with Crippen LogP contribution in [-0.4, -0.2) is 61.1 Å². The normalized spacial score (nSPS) is 10.6. The quantitative estimate of drug-likeness (QED) is 0.0106. The van der Waals surface area contributed by atoms with Crippen molar-refractivity contribution in [3.63, 3.8) is 0 Å². The summed E-state index contributed by atoms with van der Waals surface area (Å²) in [7, 11) is -1.14. The van der Waals surface area contributed by atoms with Crippen LogP contribution in [0.5, 0.6) is 0 Å². The number of hydrogen-bond donors (Lipinski definition) is 3. The van der Waals surface area contributed by atoms with Gasteiger partial charge in [0.25, 0.3) is 5.69 Å². The first-order chi connectivity index (χ1) is 48.0. The third kappa shape index (κ3) is 27.7. The Kier molecular flexibility index (Phi) is 40.3. The van der Waals surface area contributed by atoms with Crippen molar-refractivity contribution in [2.45, 2.75) is 92.2 Å². The van der Waals surface area contributed by atoms with Crippen LogP contribution in [0.3, 0.4) is 0 Å². The van der Waals surface area contributed by atoms with E-state index < -0.39 is 94.5 Å². The fraction of sp³-hybridized carbons (Fsp3) is 0.238. The number of anilines is 3. The van der Waals surface area contributed by atoms with Crippen molar-refractivity contribution >= 4 is 264 Å². The molecule has 0 bridgehead atoms. The van der Waals surface area contributed by atoms with Gasteiger partial charge >= 0.3 is 123 Å². The number of benzene rings is 6. The Hall–Kier alpha value is -3.97. The number of nitrogen functional groups attached to an aromatic ring is 3. The first-order valence-corrected chi connectivity index (χ1v) is 55.5. The topological polar surface area (TPSA) is 228 Å². The average Bonchev–Trinajstić information content (AvgIpc) is 1.56. The van der Waals surface area contributed by atoms with Crippen molar-refractivity contribution < 1.29 is 54.5 Å². The van der Waals surface area contributed by atoms with Crippen LogP contribution in [0.2, 0.25) is 33.0 Å². The molecule has 14 nitrogen and oxygen atoms in total. The van der Waals surface area contributed by atoms with E-state index in [9.17, 15) is 58.2 Å². The van der Waals surface area contributed by atoms with Gasteiger partial charge in [0.2, 0.25) is 11.5 Å². The number of thiophene rings is 3. The molecule has 544 valence electrons. The largest absolute Gasteiger partial charge is 0.397 e. The van der Waals surface area contributed by atoms with Crippen molar-refractivity contribution in [2.75, 3.05) is 17.2 Å². The fourth-order valence-electron chi connectivity index (χ4n) is 8.58. The molecule has 6 heterocycles. The molecule has 6 N–H and O–H groups in total. The molecule has 6 aromatic carbocycles. The van der Waals surface area contributed by atoms with E-state index >= 15 is 0 Å². The first-order valence-electron chi connectivity index (χ1n) is 29.6. The van der Waals surface area contributed by atoms with Crippen molar-refractivity contribution in [1.29, 1.82) is 0 Å². The van der Waals surface area contributed by atoms with Gasteiger partial charge in [-0.05, 0) is 80.2 Å². The van der Waals surface area contributed by atoms with E-state index in [1.807, 2.05) is 31.9 Å². The molecule has 0 unspecified atom stereocenters. The number of fused-ring (bicyclic) bond motifs is 3. The molecule has 12 rings (SSSR count). The van der Waals surface area contributed by atoms with Crippen LogP contribution in [0.4, 0.5) is 72.3 Å². The zero-order valence-corrected chi connectivity index (χ0v) is 72.9. The predicted molar refractivity (Wildman–Crippen MR) is 442 cm³/mol. The molecular weight excluding hydrogens is 2060 g/mol. The summed E-state index contributed by atoms with van der Waals surface area (Å²) in [5.74, 6) is -9.61. The van der Waals surface area contributed by atoms with E-state index in [1.54, 1.807) is 94.9 Å². The zero-order valence-electron chi connectivity index (χ0n) is 54.0. The van der Waals surface area contributed by atoms with Gasteiger partial charge < -0.3 is 17.2 Å². The molecule has 0 saturated heterocycles. The summed E-state index contributed by atoms with van der Waals surface area (Å²) in [6.45, 7) is 13.3. The minimum Gasteiger partial charge on any atom is -0.397 e. The van der Waals surface area contributed by atoms with Gasteiger partial charge in [0.15, 0.2) is 58.2 Å². The molecule has 0 atom stereocenters. The van der Waals surface area contributed by atoms with Gasteiger partial charge in [-0.2, -0.15) is 45.9 Å². The molecular formula is C63H64ClF10I4N11O3S7SiSn. The number of nitrogens with zero attached hydrogens (tertiary/aromatic N) is 8. The van der Waals surface area contributed by atoms with Crippen LogP contribution in [0.15, 0.2) is 124 Å². The molecule has 0 aliphatic heterocycles. The van der Waals surface area contributed by atoms with E-state index in [4.69, 9.17) is 28.3 Å². The minimum atomic E-state index is -2.01. The summed E-state index contributed by atoms with van der Waals surface area (Å²) in [6.07, 6.45) is 8.55. The monoisotopic (exact) mass is 2130 g/mol. The van der Waals surface area contributed by atoms with Gasteiger partial charge in [0.1, 0.15) is 46.2 Å². The van der Waals surface area contributed by atoms with Crippen LogP contribution < -0.4 is 20.1 Å². The second-order valence-corrected chi connectivity index (χ2v) is 50.3. The van der Waals surface area contributed by atoms with E-state index in [1.165, 1.54) is 61.2 Å². The molecule has 0 radical (unpaired) electrons. The van der Waals surface area contributed by atoms with E-state index in [-0.39, 0.29) is 48.2 Å². The number of rotatable bonds is 14. The van der Waals surface area contributed by atoms with Crippen molar-refractivity contribution in [3.05, 3.63) is 195 Å². The molecule has 0 amide bonds. The SMILES string of the molecule is CCC[CH2][Sn]([CH2]CCC)([CH2]CCC)[c]1cccs1.C[Si](C)(C)Cl.Fc1c(F)c(-c2cccs2)c2nsnc2c1-c1cccs1.Fc1c(F)c(I)c2nsnc2c1I.Fc1cc2nsnc2cc1F.II.Nc1cc(F)c(F)cc1N.Nc1cc(F)c(F)cc1[N+](=O)[O-].O=S=Nc1ccccc1.[HH]. The number of unbranched alkanes of at least 4 members (excludes halogenated alkanes) is 3. The molecule has 0 spiro atoms. The summed E-state index contributed by atoms with van der Waals surface area (Å²) >= 11 is 19.2. The standard InChI is InChI=1S/C14H6F2N2S3.C6F2I2N2S.C6H4F2N2O2.C6H2F2N2S.C6H6F2N2.C6H5NOS.C4H3S.3C4H9.C3H9ClSi.I2.Sn.H2/c15-11-9(7-3-1-5-19-7)13-14(18-21-17-13)10(12(11)16)8-4-2-6-20-8;7-1-2(8)4(10)6-5(3(1)9)11-13-12-6;7-3-1-5(9)6(10(11)12)2-4(3)8;7-3-1-5-6(2-4(3)8)10-11-9-5;7-3-1-5(9)6(10)2-4(3)8;8-9-7-6-4-2-1-3-5-6;1-2-4-5-3-1;3*1-3-4-2;1-5(2,3)4;1-2;;/h1-6H;;1-2H,9H2;1-2H;1-2H,9-10H2;1-5H;1-3H;3*1,3-4H2,2H3;1-3H3;;;1H. The van der Waals surface area contributed by atoms with Gasteiger partial charge in [0.05, 0.1) is 81.5 Å². The molecule has 12 aromatic rings. The third-order valence-corrected chi connectivity index (χ3v) is 38.2. The summed E-state index contributed by atoms with van der Waals surface area (Å²) in [4.78, 5) is 10.6. The fourth-order valence-corrected chi connectivity index (χ4v) is 33.3. The van der Waals surface area contributed by atoms with Crippen molar-refractivity contribution in [3.8, 4) is 20.9 Å². The second kappa shape index (κ2) is 45.5. The Morgan fingerprint density at radius 1 is 0.535 bits per heavy atom. The van der Waals surface area contributed by atoms with Crippen LogP contribution in [-0.2, 0) is 11.5 Å². The van der Waals surface area contributed by atoms with Gasteiger partial charge in [-0.25, -0.2) is 43.9 Å². The maximum Gasteiger partial charge on any atom is 0.295 e. The van der Waals surface area contributed by atoms with Crippen molar-refractivity contribution in [1.82, 2.24) is 26.2 Å². The Morgan fingerprint density at radius 2 is 0.891 bits per heavy atom. The molecule has 0 fully saturated rings. The zero-order chi connectivity index (χ0) is 75.1. The molecule has 0 aliphatic carbocycles. The Labute approximate surface area is 666 Å². The van der Waals surface area contributed by atoms with Crippen LogP contribution >= 0.6 is 163 Å². The van der Waals surface area contributed by atoms with Crippen LogP contribution in [0.25, 0.3) is 54.0 Å². The summed E-state index contributed by atoms with van der Waals surface area (Å²) in [5.41, 5.74) is 18.1. The number of halogens is 15. The predicted octanol–water partition coefficient (Wildman–Crippen LogP) is 24.8. The van der Waals surface area contributed by atoms with Crippen LogP contribution in [0.1, 0.15) is 60.7 Å². The average molecular weight is 2130 g/mol. The number of aromatic nitrogens is 6. The third-order valence-electron chi connectivity index (χ3n) is 13.3. The van der Waals surface area contributed by atoms with Gasteiger partial charge in [-0.1, -0.05) is 50.0 Å². The summed E-state index contributed by atoms with van der Waals surface area (Å²) in [5, 5.41) is 16.1. The van der Waals surface area contributed by atoms with Gasteiger partial charge in [-0.3, -0.25) is 10.1 Å².